The lowest BCUT2D eigenvalue weighted by molar-refractivity contribution is 0.0684. The summed E-state index contributed by atoms with van der Waals surface area (Å²) in [7, 11) is 0. The minimum absolute atomic E-state index is 0.0348. The van der Waals surface area contributed by atoms with Gasteiger partial charge in [-0.25, -0.2) is 19.0 Å². The van der Waals surface area contributed by atoms with Crippen LogP contribution in [-0.2, 0) is 11.3 Å². The van der Waals surface area contributed by atoms with Crippen LogP contribution in [0.3, 0.4) is 0 Å². The normalized spacial score (nSPS) is 22.0. The van der Waals surface area contributed by atoms with Gasteiger partial charge in [0.25, 0.3) is 0 Å². The molecule has 2 N–H and O–H groups in total. The molecule has 2 atom stereocenters. The average molecular weight is 412 g/mol. The van der Waals surface area contributed by atoms with Crippen molar-refractivity contribution in [2.75, 3.05) is 18.0 Å². The van der Waals surface area contributed by atoms with Crippen molar-refractivity contribution >= 4 is 28.8 Å². The summed E-state index contributed by atoms with van der Waals surface area (Å²) in [6, 6.07) is 9.51. The number of carboxylic acid groups (broad SMARTS) is 1. The first-order valence-corrected chi connectivity index (χ1v) is 9.41. The zero-order valence-corrected chi connectivity index (χ0v) is 15.6. The Morgan fingerprint density at radius 1 is 1.23 bits per heavy atom. The lowest BCUT2D eigenvalue weighted by Crippen LogP contribution is -2.35. The first kappa shape index (κ1) is 18.3. The summed E-state index contributed by atoms with van der Waals surface area (Å²) in [4.78, 5) is 29.5. The van der Waals surface area contributed by atoms with Crippen molar-refractivity contribution in [2.24, 2.45) is 11.8 Å². The molecule has 0 radical (unpaired) electrons. The molecule has 10 heteroatoms. The Morgan fingerprint density at radius 3 is 2.77 bits per heavy atom. The van der Waals surface area contributed by atoms with Gasteiger partial charge >= 0.3 is 12.1 Å². The van der Waals surface area contributed by atoms with Crippen molar-refractivity contribution in [3.63, 3.8) is 0 Å². The summed E-state index contributed by atoms with van der Waals surface area (Å²) in [5.41, 5.74) is 0.504. The molecule has 5 rings (SSSR count). The van der Waals surface area contributed by atoms with Crippen molar-refractivity contribution in [1.29, 1.82) is 0 Å². The second kappa shape index (κ2) is 6.97. The van der Waals surface area contributed by atoms with E-state index in [0.29, 0.717) is 11.8 Å². The predicted molar refractivity (Wildman–Crippen MR) is 101 cm³/mol. The summed E-state index contributed by atoms with van der Waals surface area (Å²) in [5.74, 6) is 0.122. The van der Waals surface area contributed by atoms with Crippen LogP contribution in [0.15, 0.2) is 40.9 Å². The highest BCUT2D eigenvalue weighted by molar-refractivity contribution is 5.85. The van der Waals surface area contributed by atoms with Crippen LogP contribution in [0.5, 0.6) is 0 Å². The number of alkyl carbamates (subject to hydrolysis) is 1. The monoisotopic (exact) mass is 412 g/mol. The van der Waals surface area contributed by atoms with Gasteiger partial charge in [0.15, 0.2) is 18.1 Å². The van der Waals surface area contributed by atoms with Gasteiger partial charge in [-0.05, 0) is 30.3 Å². The molecule has 3 aromatic rings. The van der Waals surface area contributed by atoms with E-state index in [4.69, 9.17) is 14.4 Å². The summed E-state index contributed by atoms with van der Waals surface area (Å²) in [6.07, 6.45) is -0.583. The van der Waals surface area contributed by atoms with Gasteiger partial charge in [-0.1, -0.05) is 5.16 Å². The van der Waals surface area contributed by atoms with E-state index in [9.17, 15) is 14.0 Å². The van der Waals surface area contributed by atoms with E-state index in [1.165, 1.54) is 18.2 Å². The number of piperidine rings is 1. The van der Waals surface area contributed by atoms with Crippen LogP contribution in [0, 0.1) is 17.7 Å². The second-order valence-electron chi connectivity index (χ2n) is 7.47. The number of carbonyl (C=O) groups excluding carboxylic acids is 1. The molecule has 1 saturated heterocycles. The first-order valence-electron chi connectivity index (χ1n) is 9.41. The van der Waals surface area contributed by atoms with Crippen LogP contribution in [0.2, 0.25) is 0 Å². The number of rotatable bonds is 5. The fraction of sp³-hybridized carbons (Fsp3) is 0.300. The van der Waals surface area contributed by atoms with Crippen LogP contribution >= 0.6 is 0 Å². The van der Waals surface area contributed by atoms with Crippen molar-refractivity contribution in [3.05, 3.63) is 53.7 Å². The van der Waals surface area contributed by atoms with Gasteiger partial charge in [0.2, 0.25) is 0 Å². The molecule has 1 saturated carbocycles. The maximum atomic E-state index is 13.3. The Bertz CT molecular complexity index is 1140. The maximum absolute atomic E-state index is 13.3. The number of hydrogen-bond donors (Lipinski definition) is 2. The Hall–Kier alpha value is -3.69. The van der Waals surface area contributed by atoms with Crippen molar-refractivity contribution in [2.45, 2.75) is 12.6 Å². The van der Waals surface area contributed by atoms with Crippen molar-refractivity contribution < 1.29 is 28.3 Å². The molecule has 2 aliphatic rings. The number of fused-ring (bicyclic) bond motifs is 2. The number of benzene rings is 1. The summed E-state index contributed by atoms with van der Waals surface area (Å²) in [6.45, 7) is 1.33. The van der Waals surface area contributed by atoms with E-state index < -0.39 is 12.1 Å². The summed E-state index contributed by atoms with van der Waals surface area (Å²) in [5, 5.41) is 15.7. The summed E-state index contributed by atoms with van der Waals surface area (Å²) < 4.78 is 23.2. The molecule has 1 amide bonds. The van der Waals surface area contributed by atoms with E-state index in [1.807, 2.05) is 12.1 Å². The Balaban J connectivity index is 1.12. The van der Waals surface area contributed by atoms with Gasteiger partial charge in [-0.2, -0.15) is 0 Å². The van der Waals surface area contributed by atoms with Gasteiger partial charge in [0.1, 0.15) is 11.6 Å². The topological polar surface area (TPSA) is 118 Å². The third kappa shape index (κ3) is 3.40. The van der Waals surface area contributed by atoms with E-state index in [0.717, 1.165) is 29.8 Å². The number of halogens is 1. The number of carboxylic acids is 1. The predicted octanol–water partition coefficient (Wildman–Crippen LogP) is 2.42. The first-order chi connectivity index (χ1) is 14.5. The number of hydrogen-bond acceptors (Lipinski definition) is 7. The van der Waals surface area contributed by atoms with Gasteiger partial charge in [-0.15, -0.1) is 0 Å². The molecule has 2 unspecified atom stereocenters. The van der Waals surface area contributed by atoms with Gasteiger partial charge in [0.05, 0.1) is 5.52 Å². The largest absolute Gasteiger partial charge is 0.476 e. The standard InChI is InChI=1S/C20H17FN4O5/c21-11-2-3-15-10(5-11)1-4-17(22-15)25-7-13-14(8-25)18(13)23-20(28)29-9-12-6-16(19(26)27)24-30-12/h1-6,13-14,18H,7-9H2,(H,23,28)(H,26,27). The van der Waals surface area contributed by atoms with E-state index >= 15 is 0 Å². The van der Waals surface area contributed by atoms with Crippen molar-refractivity contribution in [3.8, 4) is 0 Å². The summed E-state index contributed by atoms with van der Waals surface area (Å²) >= 11 is 0. The number of aromatic nitrogens is 2. The Labute approximate surface area is 169 Å². The highest BCUT2D eigenvalue weighted by Crippen LogP contribution is 2.46. The number of ether oxygens (including phenoxy) is 1. The molecule has 0 spiro atoms. The number of nitrogens with zero attached hydrogens (tertiary/aromatic N) is 3. The molecule has 9 nitrogen and oxygen atoms in total. The third-order valence-corrected chi connectivity index (χ3v) is 5.56. The molecule has 2 aromatic heterocycles. The minimum Gasteiger partial charge on any atom is -0.476 e. The number of anilines is 1. The molecule has 154 valence electrons. The SMILES string of the molecule is O=C(NC1C2CN(c3ccc4cc(F)ccc4n3)CC21)OCc1cc(C(=O)O)no1. The van der Waals surface area contributed by atoms with Crippen molar-refractivity contribution in [1.82, 2.24) is 15.5 Å². The van der Waals surface area contributed by atoms with Gasteiger partial charge in [-0.3, -0.25) is 0 Å². The number of amides is 1. The fourth-order valence-electron chi connectivity index (χ4n) is 3.99. The van der Waals surface area contributed by atoms with Gasteiger partial charge in [0, 0.05) is 42.4 Å². The number of carbonyl (C=O) groups is 2. The third-order valence-electron chi connectivity index (χ3n) is 5.56. The van der Waals surface area contributed by atoms with Gasteiger partial charge < -0.3 is 24.6 Å². The molecular formula is C20H17FN4O5. The molecular weight excluding hydrogens is 395 g/mol. The number of nitrogens with one attached hydrogen (secondary N) is 1. The van der Waals surface area contributed by atoms with E-state index in [2.05, 4.69) is 20.4 Å². The average Bonchev–Trinajstić information content (AvgIpc) is 3.11. The molecule has 1 aromatic carbocycles. The molecule has 0 bridgehead atoms. The number of pyridine rings is 1. The fourth-order valence-corrected chi connectivity index (χ4v) is 3.99. The second-order valence-corrected chi connectivity index (χ2v) is 7.47. The maximum Gasteiger partial charge on any atom is 0.407 e. The lowest BCUT2D eigenvalue weighted by atomic mass is 10.2. The van der Waals surface area contributed by atoms with Crippen LogP contribution in [-0.4, -0.2) is 46.4 Å². The lowest BCUT2D eigenvalue weighted by Gasteiger charge is -2.21. The quantitative estimate of drug-likeness (QED) is 0.656. The molecule has 2 fully saturated rings. The highest BCUT2D eigenvalue weighted by Gasteiger charge is 2.57. The smallest absolute Gasteiger partial charge is 0.407 e. The molecule has 3 heterocycles. The Kier molecular flexibility index (Phi) is 4.27. The molecule has 1 aliphatic heterocycles. The highest BCUT2D eigenvalue weighted by atomic mass is 19.1. The number of aromatic carboxylic acids is 1. The van der Waals surface area contributed by atoms with Crippen LogP contribution in [0.1, 0.15) is 16.2 Å². The van der Waals surface area contributed by atoms with Crippen LogP contribution in [0.4, 0.5) is 15.0 Å². The van der Waals surface area contributed by atoms with Crippen LogP contribution < -0.4 is 10.2 Å². The van der Waals surface area contributed by atoms with Crippen LogP contribution in [0.25, 0.3) is 10.9 Å². The Morgan fingerprint density at radius 2 is 2.03 bits per heavy atom. The molecule has 1 aliphatic carbocycles. The molecule has 30 heavy (non-hydrogen) atoms. The minimum atomic E-state index is -1.21. The van der Waals surface area contributed by atoms with E-state index in [1.54, 1.807) is 6.07 Å². The zero-order chi connectivity index (χ0) is 20.8. The zero-order valence-electron chi connectivity index (χ0n) is 15.6. The van der Waals surface area contributed by atoms with E-state index in [-0.39, 0.29) is 29.9 Å².